The fourth-order valence-electron chi connectivity index (χ4n) is 3.23. The molecule has 21 heavy (non-hydrogen) atoms. The number of amides is 1. The lowest BCUT2D eigenvalue weighted by Crippen LogP contribution is -2.37. The number of hydrogen-bond acceptors (Lipinski definition) is 1. The molecular formula is C19H21NO. The van der Waals surface area contributed by atoms with E-state index in [0.29, 0.717) is 12.0 Å². The minimum absolute atomic E-state index is 0.167. The second-order valence-electron chi connectivity index (χ2n) is 6.01. The Morgan fingerprint density at radius 2 is 1.67 bits per heavy atom. The zero-order valence-electron chi connectivity index (χ0n) is 12.4. The van der Waals surface area contributed by atoms with Crippen LogP contribution >= 0.6 is 0 Å². The van der Waals surface area contributed by atoms with Gasteiger partial charge in [0, 0.05) is 18.2 Å². The van der Waals surface area contributed by atoms with Gasteiger partial charge < -0.3 is 4.90 Å². The minimum Gasteiger partial charge on any atom is -0.335 e. The SMILES string of the molecule is C[C@@H]1C[C@@H](Cc2ccccc2)N(C(=O)c2ccccc2)C1. The second-order valence-corrected chi connectivity index (χ2v) is 6.01. The number of carbonyl (C=O) groups excluding carboxylic acids is 1. The molecule has 0 unspecified atom stereocenters. The molecular weight excluding hydrogens is 258 g/mol. The quantitative estimate of drug-likeness (QED) is 0.837. The van der Waals surface area contributed by atoms with Crippen LogP contribution in [0.25, 0.3) is 0 Å². The third-order valence-corrected chi connectivity index (χ3v) is 4.22. The summed E-state index contributed by atoms with van der Waals surface area (Å²) in [6, 6.07) is 20.4. The van der Waals surface area contributed by atoms with Crippen LogP contribution < -0.4 is 0 Å². The highest BCUT2D eigenvalue weighted by Gasteiger charge is 2.33. The summed E-state index contributed by atoms with van der Waals surface area (Å²) in [4.78, 5) is 14.8. The molecule has 0 aliphatic carbocycles. The molecule has 1 fully saturated rings. The van der Waals surface area contributed by atoms with Crippen LogP contribution in [0.4, 0.5) is 0 Å². The largest absolute Gasteiger partial charge is 0.335 e. The van der Waals surface area contributed by atoms with Crippen molar-refractivity contribution >= 4 is 5.91 Å². The summed E-state index contributed by atoms with van der Waals surface area (Å²) in [6.45, 7) is 3.10. The number of carbonyl (C=O) groups is 1. The molecule has 0 spiro atoms. The lowest BCUT2D eigenvalue weighted by atomic mass is 10.0. The van der Waals surface area contributed by atoms with Crippen LogP contribution in [-0.2, 0) is 6.42 Å². The van der Waals surface area contributed by atoms with Crippen LogP contribution in [0.3, 0.4) is 0 Å². The number of hydrogen-bond donors (Lipinski definition) is 0. The first-order valence-electron chi connectivity index (χ1n) is 7.64. The van der Waals surface area contributed by atoms with Crippen molar-refractivity contribution in [2.45, 2.75) is 25.8 Å². The topological polar surface area (TPSA) is 20.3 Å². The Morgan fingerprint density at radius 1 is 1.05 bits per heavy atom. The van der Waals surface area contributed by atoms with Crippen LogP contribution in [0, 0.1) is 5.92 Å². The van der Waals surface area contributed by atoms with Crippen molar-refractivity contribution in [1.82, 2.24) is 4.90 Å². The van der Waals surface area contributed by atoms with Gasteiger partial charge in [0.1, 0.15) is 0 Å². The van der Waals surface area contributed by atoms with Crippen molar-refractivity contribution in [1.29, 1.82) is 0 Å². The maximum Gasteiger partial charge on any atom is 0.254 e. The van der Waals surface area contributed by atoms with E-state index >= 15 is 0 Å². The minimum atomic E-state index is 0.167. The van der Waals surface area contributed by atoms with Gasteiger partial charge in [0.2, 0.25) is 0 Å². The predicted molar refractivity (Wildman–Crippen MR) is 85.2 cm³/mol. The van der Waals surface area contributed by atoms with Crippen molar-refractivity contribution < 1.29 is 4.79 Å². The summed E-state index contributed by atoms with van der Waals surface area (Å²) in [7, 11) is 0. The second kappa shape index (κ2) is 6.13. The molecule has 2 heteroatoms. The van der Waals surface area contributed by atoms with Crippen molar-refractivity contribution in [2.24, 2.45) is 5.92 Å². The van der Waals surface area contributed by atoms with Crippen LogP contribution in [-0.4, -0.2) is 23.4 Å². The lowest BCUT2D eigenvalue weighted by molar-refractivity contribution is 0.0733. The molecule has 1 aliphatic heterocycles. The summed E-state index contributed by atoms with van der Waals surface area (Å²) in [6.07, 6.45) is 2.04. The highest BCUT2D eigenvalue weighted by molar-refractivity contribution is 5.94. The van der Waals surface area contributed by atoms with E-state index in [4.69, 9.17) is 0 Å². The van der Waals surface area contributed by atoms with Gasteiger partial charge in [-0.2, -0.15) is 0 Å². The average molecular weight is 279 g/mol. The molecule has 1 aliphatic rings. The van der Waals surface area contributed by atoms with Gasteiger partial charge in [0.25, 0.3) is 5.91 Å². The van der Waals surface area contributed by atoms with Gasteiger partial charge in [-0.15, -0.1) is 0 Å². The van der Waals surface area contributed by atoms with E-state index in [2.05, 4.69) is 36.1 Å². The van der Waals surface area contributed by atoms with E-state index in [9.17, 15) is 4.79 Å². The van der Waals surface area contributed by atoms with E-state index in [1.165, 1.54) is 5.56 Å². The van der Waals surface area contributed by atoms with E-state index in [1.807, 2.05) is 36.4 Å². The fraction of sp³-hybridized carbons (Fsp3) is 0.316. The Labute approximate surface area is 126 Å². The molecule has 2 atom stereocenters. The Hall–Kier alpha value is -2.09. The maximum atomic E-state index is 12.7. The molecule has 2 aromatic rings. The molecule has 0 bridgehead atoms. The third kappa shape index (κ3) is 3.15. The molecule has 2 nitrogen and oxygen atoms in total. The summed E-state index contributed by atoms with van der Waals surface area (Å²) >= 11 is 0. The van der Waals surface area contributed by atoms with Gasteiger partial charge >= 0.3 is 0 Å². The lowest BCUT2D eigenvalue weighted by Gasteiger charge is -2.25. The molecule has 1 amide bonds. The van der Waals surface area contributed by atoms with Gasteiger partial charge in [-0.3, -0.25) is 4.79 Å². The van der Waals surface area contributed by atoms with Crippen LogP contribution in [0.15, 0.2) is 60.7 Å². The normalized spacial score (nSPS) is 21.5. The Kier molecular flexibility index (Phi) is 4.05. The molecule has 1 heterocycles. The number of benzene rings is 2. The van der Waals surface area contributed by atoms with Gasteiger partial charge in [-0.05, 0) is 36.5 Å². The van der Waals surface area contributed by atoms with Crippen molar-refractivity contribution in [3.63, 3.8) is 0 Å². The summed E-state index contributed by atoms with van der Waals surface area (Å²) in [5.74, 6) is 0.743. The molecule has 108 valence electrons. The highest BCUT2D eigenvalue weighted by atomic mass is 16.2. The summed E-state index contributed by atoms with van der Waals surface area (Å²) in [5, 5.41) is 0. The predicted octanol–water partition coefficient (Wildman–Crippen LogP) is 3.78. The number of nitrogens with zero attached hydrogens (tertiary/aromatic N) is 1. The Balaban J connectivity index is 1.78. The zero-order chi connectivity index (χ0) is 14.7. The molecule has 0 saturated carbocycles. The molecule has 1 saturated heterocycles. The monoisotopic (exact) mass is 279 g/mol. The first kappa shape index (κ1) is 13.9. The summed E-state index contributed by atoms with van der Waals surface area (Å²) in [5.41, 5.74) is 2.10. The highest BCUT2D eigenvalue weighted by Crippen LogP contribution is 2.27. The first-order valence-corrected chi connectivity index (χ1v) is 7.64. The Bertz CT molecular complexity index is 593. The van der Waals surface area contributed by atoms with Crippen LogP contribution in [0.1, 0.15) is 29.3 Å². The summed E-state index contributed by atoms with van der Waals surface area (Å²) < 4.78 is 0. The maximum absolute atomic E-state index is 12.7. The van der Waals surface area contributed by atoms with Gasteiger partial charge in [0.05, 0.1) is 0 Å². The van der Waals surface area contributed by atoms with Crippen molar-refractivity contribution in [3.8, 4) is 0 Å². The van der Waals surface area contributed by atoms with E-state index in [0.717, 1.165) is 24.9 Å². The van der Waals surface area contributed by atoms with Crippen molar-refractivity contribution in [3.05, 3.63) is 71.8 Å². The molecule has 3 rings (SSSR count). The fourth-order valence-corrected chi connectivity index (χ4v) is 3.23. The number of rotatable bonds is 3. The first-order chi connectivity index (χ1) is 10.2. The molecule has 0 aromatic heterocycles. The van der Waals surface area contributed by atoms with Gasteiger partial charge in [0.15, 0.2) is 0 Å². The number of likely N-dealkylation sites (tertiary alicyclic amines) is 1. The van der Waals surface area contributed by atoms with E-state index in [1.54, 1.807) is 0 Å². The smallest absolute Gasteiger partial charge is 0.254 e. The molecule has 0 radical (unpaired) electrons. The van der Waals surface area contributed by atoms with Gasteiger partial charge in [-0.1, -0.05) is 55.5 Å². The van der Waals surface area contributed by atoms with E-state index in [-0.39, 0.29) is 5.91 Å². The standard InChI is InChI=1S/C19H21NO/c1-15-12-18(13-16-8-4-2-5-9-16)20(14-15)19(21)17-10-6-3-7-11-17/h2-11,15,18H,12-14H2,1H3/t15-,18+/m1/s1. The Morgan fingerprint density at radius 3 is 2.33 bits per heavy atom. The molecule has 0 N–H and O–H groups in total. The zero-order valence-corrected chi connectivity index (χ0v) is 12.4. The average Bonchev–Trinajstić information content (AvgIpc) is 2.89. The third-order valence-electron chi connectivity index (χ3n) is 4.22. The van der Waals surface area contributed by atoms with E-state index < -0.39 is 0 Å². The van der Waals surface area contributed by atoms with Gasteiger partial charge in [-0.25, -0.2) is 0 Å². The van der Waals surface area contributed by atoms with Crippen LogP contribution in [0.2, 0.25) is 0 Å². The van der Waals surface area contributed by atoms with Crippen LogP contribution in [0.5, 0.6) is 0 Å². The van der Waals surface area contributed by atoms with Crippen molar-refractivity contribution in [2.75, 3.05) is 6.54 Å². The molecule has 2 aromatic carbocycles.